The van der Waals surface area contributed by atoms with Crippen LogP contribution in [0.3, 0.4) is 0 Å². The quantitative estimate of drug-likeness (QED) is 0.453. The molecule has 12 heteroatoms. The number of rotatable bonds is 7. The highest BCUT2D eigenvalue weighted by molar-refractivity contribution is 5.84. The molecule has 1 amide bonds. The molecule has 210 valence electrons. The molecule has 3 aromatic rings. The largest absolute Gasteiger partial charge is 0.446 e. The second-order valence-electron chi connectivity index (χ2n) is 10.5. The highest BCUT2D eigenvalue weighted by Crippen LogP contribution is 2.45. The summed E-state index contributed by atoms with van der Waals surface area (Å²) in [5.74, 6) is -0.517. The van der Waals surface area contributed by atoms with E-state index in [1.807, 2.05) is 54.6 Å². The fourth-order valence-corrected chi connectivity index (χ4v) is 5.33. The first kappa shape index (κ1) is 26.4. The van der Waals surface area contributed by atoms with Crippen molar-refractivity contribution < 1.29 is 28.1 Å². The van der Waals surface area contributed by atoms with Gasteiger partial charge in [-0.25, -0.2) is 19.2 Å². The van der Waals surface area contributed by atoms with Crippen molar-refractivity contribution >= 4 is 23.9 Å². The van der Waals surface area contributed by atoms with Crippen molar-refractivity contribution in [3.8, 4) is 0 Å². The summed E-state index contributed by atoms with van der Waals surface area (Å²) in [5.41, 5.74) is 2.17. The SMILES string of the molecule is CN(Cc1cccc(F)c1)C1NC=Nc2c1ncn2[C@@H]1O[C@H](COC(=O)Nc2ccccc2)[C@H]2OC(C)(C)O[C@H]21. The van der Waals surface area contributed by atoms with Crippen LogP contribution in [0, 0.1) is 5.82 Å². The third-order valence-corrected chi connectivity index (χ3v) is 7.03. The number of anilines is 1. The van der Waals surface area contributed by atoms with Gasteiger partial charge >= 0.3 is 6.09 Å². The van der Waals surface area contributed by atoms with E-state index in [9.17, 15) is 9.18 Å². The van der Waals surface area contributed by atoms with Gasteiger partial charge in [0.25, 0.3) is 0 Å². The minimum Gasteiger partial charge on any atom is -0.446 e. The Labute approximate surface area is 230 Å². The minimum atomic E-state index is -0.846. The molecule has 6 rings (SSSR count). The Hall–Kier alpha value is -3.84. The Morgan fingerprint density at radius 2 is 1.98 bits per heavy atom. The smallest absolute Gasteiger partial charge is 0.411 e. The van der Waals surface area contributed by atoms with Gasteiger partial charge in [-0.3, -0.25) is 14.8 Å². The molecular weight excluding hydrogens is 519 g/mol. The number of benzene rings is 2. The van der Waals surface area contributed by atoms with E-state index in [4.69, 9.17) is 18.9 Å². The van der Waals surface area contributed by atoms with Crippen LogP contribution >= 0.6 is 0 Å². The van der Waals surface area contributed by atoms with Crippen LogP contribution in [0.25, 0.3) is 0 Å². The van der Waals surface area contributed by atoms with Crippen molar-refractivity contribution in [2.45, 2.75) is 56.9 Å². The number of nitrogens with one attached hydrogen (secondary N) is 2. The zero-order valence-electron chi connectivity index (χ0n) is 22.4. The third-order valence-electron chi connectivity index (χ3n) is 7.03. The van der Waals surface area contributed by atoms with Crippen LogP contribution in [-0.4, -0.2) is 64.6 Å². The number of ether oxygens (including phenoxy) is 4. The monoisotopic (exact) mass is 550 g/mol. The standard InChI is InChI=1S/C28H31FN6O5/c1-28(2)39-22-20(14-37-27(36)33-19-10-5-4-6-11-19)38-26(23(22)40-28)35-16-32-21-24(30-15-31-25(21)35)34(3)13-17-8-7-9-18(29)12-17/h4-12,15-16,20,22-24,26H,13-14H2,1-3H3,(H,30,31)(H,33,36)/t20-,22-,23-,24?,26-/m1/s1. The van der Waals surface area contributed by atoms with E-state index in [1.165, 1.54) is 12.1 Å². The van der Waals surface area contributed by atoms with Gasteiger partial charge in [0.15, 0.2) is 17.8 Å². The molecular formula is C28H31FN6O5. The van der Waals surface area contributed by atoms with Crippen LogP contribution in [-0.2, 0) is 25.5 Å². The summed E-state index contributed by atoms with van der Waals surface area (Å²) in [6.45, 7) is 4.14. The summed E-state index contributed by atoms with van der Waals surface area (Å²) in [4.78, 5) is 23.6. The lowest BCUT2D eigenvalue weighted by Gasteiger charge is -2.30. The number of aliphatic imine (C=N–C) groups is 1. The van der Waals surface area contributed by atoms with Crippen LogP contribution in [0.4, 0.5) is 20.7 Å². The maximum Gasteiger partial charge on any atom is 0.411 e. The molecule has 3 aliphatic rings. The second-order valence-corrected chi connectivity index (χ2v) is 10.5. The molecule has 1 aromatic heterocycles. The number of nitrogens with zero attached hydrogens (tertiary/aromatic N) is 4. The lowest BCUT2D eigenvalue weighted by Crippen LogP contribution is -2.37. The van der Waals surface area contributed by atoms with Crippen molar-refractivity contribution in [1.82, 2.24) is 19.8 Å². The molecule has 0 saturated carbocycles. The zero-order valence-corrected chi connectivity index (χ0v) is 22.4. The Morgan fingerprint density at radius 3 is 2.77 bits per heavy atom. The molecule has 0 bridgehead atoms. The first-order chi connectivity index (χ1) is 19.3. The molecule has 4 heterocycles. The maximum atomic E-state index is 13.7. The van der Waals surface area contributed by atoms with Crippen LogP contribution in [0.1, 0.15) is 37.5 Å². The number of amides is 1. The van der Waals surface area contributed by atoms with Gasteiger partial charge in [0, 0.05) is 12.2 Å². The van der Waals surface area contributed by atoms with Crippen molar-refractivity contribution in [1.29, 1.82) is 0 Å². The van der Waals surface area contributed by atoms with Crippen LogP contribution in [0.15, 0.2) is 65.9 Å². The van der Waals surface area contributed by atoms with Gasteiger partial charge in [0.2, 0.25) is 0 Å². The lowest BCUT2D eigenvalue weighted by molar-refractivity contribution is -0.199. The molecule has 2 aromatic carbocycles. The van der Waals surface area contributed by atoms with E-state index in [0.717, 1.165) is 5.56 Å². The topological polar surface area (TPSA) is 111 Å². The summed E-state index contributed by atoms with van der Waals surface area (Å²) in [6, 6.07) is 15.6. The van der Waals surface area contributed by atoms with Crippen LogP contribution in [0.5, 0.6) is 0 Å². The van der Waals surface area contributed by atoms with Crippen molar-refractivity contribution in [2.75, 3.05) is 19.0 Å². The average Bonchev–Trinajstić information content (AvgIpc) is 3.58. The number of hydrogen-bond donors (Lipinski definition) is 2. The molecule has 1 unspecified atom stereocenters. The second kappa shape index (κ2) is 10.6. The molecule has 40 heavy (non-hydrogen) atoms. The Morgan fingerprint density at radius 1 is 1.18 bits per heavy atom. The summed E-state index contributed by atoms with van der Waals surface area (Å²) in [7, 11) is 1.93. The Bertz CT molecular complexity index is 1400. The summed E-state index contributed by atoms with van der Waals surface area (Å²) in [6.07, 6.45) is 0.253. The van der Waals surface area contributed by atoms with Gasteiger partial charge in [0.05, 0.1) is 12.7 Å². The van der Waals surface area contributed by atoms with E-state index in [0.29, 0.717) is 23.7 Å². The van der Waals surface area contributed by atoms with E-state index >= 15 is 0 Å². The molecule has 2 fully saturated rings. The molecule has 5 atom stereocenters. The minimum absolute atomic E-state index is 0.0313. The number of carbonyl (C=O) groups is 1. The number of halogens is 1. The summed E-state index contributed by atoms with van der Waals surface area (Å²) >= 11 is 0. The molecule has 2 N–H and O–H groups in total. The van der Waals surface area contributed by atoms with Crippen molar-refractivity contribution in [2.24, 2.45) is 4.99 Å². The molecule has 2 saturated heterocycles. The Kier molecular flexibility index (Phi) is 7.00. The van der Waals surface area contributed by atoms with E-state index < -0.39 is 36.4 Å². The molecule has 0 aliphatic carbocycles. The van der Waals surface area contributed by atoms with Crippen LogP contribution in [0.2, 0.25) is 0 Å². The van der Waals surface area contributed by atoms with E-state index in [-0.39, 0.29) is 18.6 Å². The molecule has 3 aliphatic heterocycles. The summed E-state index contributed by atoms with van der Waals surface area (Å²) < 4.78 is 39.8. The number of hydrogen-bond acceptors (Lipinski definition) is 9. The third kappa shape index (κ3) is 5.30. The predicted molar refractivity (Wildman–Crippen MR) is 143 cm³/mol. The first-order valence-electron chi connectivity index (χ1n) is 13.1. The number of imidazole rings is 1. The highest BCUT2D eigenvalue weighted by atomic mass is 19.1. The van der Waals surface area contributed by atoms with Gasteiger partial charge in [-0.15, -0.1) is 0 Å². The normalized spacial score (nSPS) is 26.3. The van der Waals surface area contributed by atoms with Crippen LogP contribution < -0.4 is 10.6 Å². The van der Waals surface area contributed by atoms with Gasteiger partial charge < -0.3 is 24.3 Å². The highest BCUT2D eigenvalue weighted by Gasteiger charge is 2.56. The van der Waals surface area contributed by atoms with Crippen molar-refractivity contribution in [3.05, 3.63) is 78.0 Å². The fraction of sp³-hybridized carbons (Fsp3) is 0.393. The van der Waals surface area contributed by atoms with Gasteiger partial charge in [-0.1, -0.05) is 30.3 Å². The molecule has 11 nitrogen and oxygen atoms in total. The molecule has 0 radical (unpaired) electrons. The number of para-hydroxylation sites is 1. The Balaban J connectivity index is 1.18. The van der Waals surface area contributed by atoms with E-state index in [2.05, 4.69) is 20.6 Å². The molecule has 0 spiro atoms. The first-order valence-corrected chi connectivity index (χ1v) is 13.1. The number of fused-ring (bicyclic) bond motifs is 2. The predicted octanol–water partition coefficient (Wildman–Crippen LogP) is 4.08. The zero-order chi connectivity index (χ0) is 27.9. The van der Waals surface area contributed by atoms with E-state index in [1.54, 1.807) is 30.9 Å². The number of aromatic nitrogens is 2. The van der Waals surface area contributed by atoms with Gasteiger partial charge in [0.1, 0.15) is 42.6 Å². The summed E-state index contributed by atoms with van der Waals surface area (Å²) in [5, 5.41) is 5.94. The maximum absolute atomic E-state index is 13.7. The van der Waals surface area contributed by atoms with Gasteiger partial charge in [-0.2, -0.15) is 0 Å². The fourth-order valence-electron chi connectivity index (χ4n) is 5.33. The average molecular weight is 551 g/mol. The number of carbonyl (C=O) groups excluding carboxylic acids is 1. The van der Waals surface area contributed by atoms with Crippen molar-refractivity contribution in [3.63, 3.8) is 0 Å². The van der Waals surface area contributed by atoms with Gasteiger partial charge in [-0.05, 0) is 50.7 Å². The lowest BCUT2D eigenvalue weighted by atomic mass is 10.1.